The molecular weight excluding hydrogens is 355 g/mol. The van der Waals surface area contributed by atoms with Gasteiger partial charge in [-0.25, -0.2) is 14.2 Å². The van der Waals surface area contributed by atoms with Crippen molar-refractivity contribution in [2.75, 3.05) is 11.9 Å². The Morgan fingerprint density at radius 2 is 2.04 bits per heavy atom. The highest BCUT2D eigenvalue weighted by molar-refractivity contribution is 7.09. The number of amides is 3. The van der Waals surface area contributed by atoms with Gasteiger partial charge in [0.05, 0.1) is 12.2 Å². The van der Waals surface area contributed by atoms with Crippen LogP contribution in [-0.4, -0.2) is 34.4 Å². The Hall–Kier alpha value is -2.48. The predicted octanol–water partition coefficient (Wildman–Crippen LogP) is 3.86. The van der Waals surface area contributed by atoms with E-state index in [1.54, 1.807) is 22.4 Å². The molecule has 1 heterocycles. The number of benzene rings is 1. The zero-order valence-corrected chi connectivity index (χ0v) is 15.9. The molecule has 0 fully saturated rings. The third-order valence-electron chi connectivity index (χ3n) is 3.63. The number of anilines is 1. The summed E-state index contributed by atoms with van der Waals surface area (Å²) in [4.78, 5) is 30.3. The number of aromatic nitrogens is 1. The van der Waals surface area contributed by atoms with E-state index < -0.39 is 11.8 Å². The van der Waals surface area contributed by atoms with Crippen molar-refractivity contribution in [3.8, 4) is 0 Å². The first-order chi connectivity index (χ1) is 12.4. The van der Waals surface area contributed by atoms with Gasteiger partial charge in [-0.05, 0) is 32.4 Å². The summed E-state index contributed by atoms with van der Waals surface area (Å²) >= 11 is 1.32. The van der Waals surface area contributed by atoms with E-state index in [0.717, 1.165) is 6.42 Å². The van der Waals surface area contributed by atoms with Gasteiger partial charge in [0.25, 0.3) is 5.91 Å². The minimum absolute atomic E-state index is 0.122. The maximum atomic E-state index is 13.7. The van der Waals surface area contributed by atoms with Crippen LogP contribution in [0.3, 0.4) is 0 Å². The molecule has 0 bridgehead atoms. The third kappa shape index (κ3) is 5.26. The second-order valence-electron chi connectivity index (χ2n) is 6.01. The third-order valence-corrected chi connectivity index (χ3v) is 4.46. The van der Waals surface area contributed by atoms with Gasteiger partial charge in [0, 0.05) is 18.0 Å². The number of carbonyl (C=O) groups excluding carboxylic acids is 2. The minimum atomic E-state index is -0.492. The van der Waals surface area contributed by atoms with Crippen molar-refractivity contribution < 1.29 is 14.0 Å². The average molecular weight is 378 g/mol. The molecular formula is C18H23FN4O2S. The van der Waals surface area contributed by atoms with Crippen molar-refractivity contribution in [3.63, 3.8) is 0 Å². The summed E-state index contributed by atoms with van der Waals surface area (Å²) in [6.07, 6.45) is 0.847. The highest BCUT2D eigenvalue weighted by Crippen LogP contribution is 2.17. The molecule has 2 rings (SSSR count). The first-order valence-electron chi connectivity index (χ1n) is 8.47. The minimum Gasteiger partial charge on any atom is -0.351 e. The second kappa shape index (κ2) is 9.28. The Labute approximate surface area is 156 Å². The van der Waals surface area contributed by atoms with Crippen LogP contribution in [0.5, 0.6) is 0 Å². The van der Waals surface area contributed by atoms with Crippen LogP contribution in [0, 0.1) is 5.82 Å². The molecule has 0 aliphatic rings. The lowest BCUT2D eigenvalue weighted by molar-refractivity contribution is 0.0949. The summed E-state index contributed by atoms with van der Waals surface area (Å²) in [6.45, 7) is 6.53. The number of halogens is 1. The Morgan fingerprint density at radius 1 is 1.31 bits per heavy atom. The van der Waals surface area contributed by atoms with Gasteiger partial charge in [-0.2, -0.15) is 0 Å². The monoisotopic (exact) mass is 378 g/mol. The first-order valence-corrected chi connectivity index (χ1v) is 9.35. The number of thiazole rings is 1. The molecule has 8 heteroatoms. The molecule has 1 aromatic heterocycles. The Kier molecular flexibility index (Phi) is 7.08. The maximum absolute atomic E-state index is 13.7. The van der Waals surface area contributed by atoms with E-state index in [4.69, 9.17) is 0 Å². The molecule has 0 aliphatic heterocycles. The normalized spacial score (nSPS) is 10.7. The Bertz CT molecular complexity index is 763. The Balaban J connectivity index is 2.06. The van der Waals surface area contributed by atoms with E-state index >= 15 is 0 Å². The van der Waals surface area contributed by atoms with Gasteiger partial charge in [0.15, 0.2) is 0 Å². The number of nitrogens with zero attached hydrogens (tertiary/aromatic N) is 2. The quantitative estimate of drug-likeness (QED) is 0.768. The summed E-state index contributed by atoms with van der Waals surface area (Å²) in [5.41, 5.74) is 0.471. The smallest absolute Gasteiger partial charge is 0.322 e. The lowest BCUT2D eigenvalue weighted by atomic mass is 10.3. The van der Waals surface area contributed by atoms with Gasteiger partial charge in [-0.1, -0.05) is 19.1 Å². The maximum Gasteiger partial charge on any atom is 0.322 e. The zero-order chi connectivity index (χ0) is 19.1. The summed E-state index contributed by atoms with van der Waals surface area (Å²) in [6, 6.07) is 5.47. The van der Waals surface area contributed by atoms with Gasteiger partial charge in [-0.3, -0.25) is 4.79 Å². The van der Waals surface area contributed by atoms with Gasteiger partial charge < -0.3 is 15.5 Å². The molecule has 0 aliphatic carbocycles. The van der Waals surface area contributed by atoms with Crippen LogP contribution in [0.25, 0.3) is 0 Å². The van der Waals surface area contributed by atoms with Gasteiger partial charge in [-0.15, -0.1) is 11.3 Å². The summed E-state index contributed by atoms with van der Waals surface area (Å²) < 4.78 is 13.7. The summed E-state index contributed by atoms with van der Waals surface area (Å²) in [5.74, 6) is -0.713. The van der Waals surface area contributed by atoms with Gasteiger partial charge in [0.1, 0.15) is 16.5 Å². The number of hydrogen-bond donors (Lipinski definition) is 2. The number of para-hydroxylation sites is 1. The van der Waals surface area contributed by atoms with Crippen LogP contribution in [0.2, 0.25) is 0 Å². The van der Waals surface area contributed by atoms with E-state index in [-0.39, 0.29) is 24.2 Å². The number of nitrogens with one attached hydrogen (secondary N) is 2. The van der Waals surface area contributed by atoms with E-state index in [1.807, 2.05) is 20.8 Å². The largest absolute Gasteiger partial charge is 0.351 e. The first kappa shape index (κ1) is 19.8. The number of rotatable bonds is 7. The molecule has 0 atom stereocenters. The number of carbonyl (C=O) groups is 2. The van der Waals surface area contributed by atoms with Crippen LogP contribution in [0.4, 0.5) is 14.9 Å². The van der Waals surface area contributed by atoms with Crippen LogP contribution in [0.15, 0.2) is 29.6 Å². The molecule has 2 N–H and O–H groups in total. The highest BCUT2D eigenvalue weighted by Gasteiger charge is 2.21. The van der Waals surface area contributed by atoms with Crippen LogP contribution in [0.1, 0.15) is 42.7 Å². The fourth-order valence-electron chi connectivity index (χ4n) is 2.20. The standard InChI is InChI=1S/C18H23FN4O2S/c1-4-9-20-17(24)15-11-26-16(21-15)10-23(12(2)3)18(25)22-14-8-6-5-7-13(14)19/h5-8,11-12H,4,9-10H2,1-3H3,(H,20,24)(H,22,25). The summed E-state index contributed by atoms with van der Waals surface area (Å²) in [5, 5.41) is 7.67. The molecule has 0 unspecified atom stereocenters. The lowest BCUT2D eigenvalue weighted by Gasteiger charge is -2.26. The number of urea groups is 1. The summed E-state index contributed by atoms with van der Waals surface area (Å²) in [7, 11) is 0. The van der Waals surface area contributed by atoms with Crippen molar-refractivity contribution in [1.82, 2.24) is 15.2 Å². The van der Waals surface area contributed by atoms with E-state index in [0.29, 0.717) is 17.2 Å². The van der Waals surface area contributed by atoms with Crippen LogP contribution < -0.4 is 10.6 Å². The van der Waals surface area contributed by atoms with Crippen molar-refractivity contribution in [2.24, 2.45) is 0 Å². The van der Waals surface area contributed by atoms with E-state index in [2.05, 4.69) is 15.6 Å². The van der Waals surface area contributed by atoms with Gasteiger partial charge in [0.2, 0.25) is 0 Å². The molecule has 3 amide bonds. The van der Waals surface area contributed by atoms with Crippen LogP contribution >= 0.6 is 11.3 Å². The van der Waals surface area contributed by atoms with Crippen molar-refractivity contribution in [3.05, 3.63) is 46.2 Å². The molecule has 0 saturated carbocycles. The van der Waals surface area contributed by atoms with Crippen LogP contribution in [-0.2, 0) is 6.54 Å². The second-order valence-corrected chi connectivity index (χ2v) is 6.96. The molecule has 1 aromatic carbocycles. The van der Waals surface area contributed by atoms with E-state index in [9.17, 15) is 14.0 Å². The molecule has 140 valence electrons. The highest BCUT2D eigenvalue weighted by atomic mass is 32.1. The zero-order valence-electron chi connectivity index (χ0n) is 15.1. The van der Waals surface area contributed by atoms with Gasteiger partial charge >= 0.3 is 6.03 Å². The van der Waals surface area contributed by atoms with Crippen molar-refractivity contribution in [1.29, 1.82) is 0 Å². The molecule has 26 heavy (non-hydrogen) atoms. The topological polar surface area (TPSA) is 74.3 Å². The van der Waals surface area contributed by atoms with Crippen molar-refractivity contribution >= 4 is 29.0 Å². The Morgan fingerprint density at radius 3 is 2.69 bits per heavy atom. The molecule has 0 spiro atoms. The number of hydrogen-bond acceptors (Lipinski definition) is 4. The fourth-order valence-corrected chi connectivity index (χ4v) is 2.97. The molecule has 0 radical (unpaired) electrons. The fraction of sp³-hybridized carbons (Fsp3) is 0.389. The average Bonchev–Trinajstić information content (AvgIpc) is 3.08. The van der Waals surface area contributed by atoms with Crippen molar-refractivity contribution in [2.45, 2.75) is 39.8 Å². The van der Waals surface area contributed by atoms with E-state index in [1.165, 1.54) is 23.5 Å². The molecule has 0 saturated heterocycles. The SMILES string of the molecule is CCCNC(=O)c1csc(CN(C(=O)Nc2ccccc2F)C(C)C)n1. The molecule has 2 aromatic rings. The predicted molar refractivity (Wildman–Crippen MR) is 101 cm³/mol. The lowest BCUT2D eigenvalue weighted by Crippen LogP contribution is -2.39. The molecule has 6 nitrogen and oxygen atoms in total.